The molecule has 1 heterocycles. The number of carbonyl (C=O) groups is 2. The molecule has 25 heavy (non-hydrogen) atoms. The molecule has 0 aliphatic rings. The summed E-state index contributed by atoms with van der Waals surface area (Å²) >= 11 is 1.62. The summed E-state index contributed by atoms with van der Waals surface area (Å²) < 4.78 is 1.17. The minimum Gasteiger partial charge on any atom is -0.343 e. The van der Waals surface area contributed by atoms with Crippen LogP contribution in [-0.2, 0) is 4.79 Å². The molecule has 0 radical (unpaired) electrons. The van der Waals surface area contributed by atoms with E-state index in [2.05, 4.69) is 15.8 Å². The monoisotopic (exact) mass is 351 g/mol. The van der Waals surface area contributed by atoms with Crippen LogP contribution in [0.15, 0.2) is 59.0 Å². The molecular formula is C19H17N3O2S. The van der Waals surface area contributed by atoms with E-state index in [0.717, 1.165) is 16.5 Å². The predicted octanol–water partition coefficient (Wildman–Crippen LogP) is 3.09. The van der Waals surface area contributed by atoms with Crippen LogP contribution in [0.3, 0.4) is 0 Å². The van der Waals surface area contributed by atoms with Crippen LogP contribution >= 0.6 is 11.3 Å². The van der Waals surface area contributed by atoms with Gasteiger partial charge in [0.25, 0.3) is 11.8 Å². The molecule has 0 aliphatic heterocycles. The van der Waals surface area contributed by atoms with E-state index in [4.69, 9.17) is 0 Å². The Bertz CT molecular complexity index is 929. The quantitative estimate of drug-likeness (QED) is 0.548. The minimum absolute atomic E-state index is 0.131. The van der Waals surface area contributed by atoms with E-state index in [9.17, 15) is 9.59 Å². The Morgan fingerprint density at radius 1 is 1.12 bits per heavy atom. The number of benzene rings is 2. The maximum absolute atomic E-state index is 11.9. The molecule has 0 saturated carbocycles. The van der Waals surface area contributed by atoms with Gasteiger partial charge in [-0.15, -0.1) is 11.3 Å². The maximum atomic E-state index is 11.9. The molecule has 0 aliphatic carbocycles. The van der Waals surface area contributed by atoms with Crippen molar-refractivity contribution in [3.05, 3.63) is 70.6 Å². The largest absolute Gasteiger partial charge is 0.343 e. The van der Waals surface area contributed by atoms with Gasteiger partial charge in [-0.3, -0.25) is 9.59 Å². The molecule has 1 aromatic heterocycles. The topological polar surface area (TPSA) is 70.6 Å². The first-order chi connectivity index (χ1) is 12.1. The van der Waals surface area contributed by atoms with Gasteiger partial charge in [-0.1, -0.05) is 35.9 Å². The average molecular weight is 351 g/mol. The Hall–Kier alpha value is -2.99. The SMILES string of the molecule is Cc1ccc(C(=O)NCC(=O)N/N=C/c2csc3ccccc23)cc1. The Balaban J connectivity index is 1.51. The van der Waals surface area contributed by atoms with Gasteiger partial charge in [0.15, 0.2) is 0 Å². The van der Waals surface area contributed by atoms with Gasteiger partial charge in [0.2, 0.25) is 0 Å². The fraction of sp³-hybridized carbons (Fsp3) is 0.105. The molecule has 0 spiro atoms. The zero-order valence-electron chi connectivity index (χ0n) is 13.7. The first-order valence-corrected chi connectivity index (χ1v) is 8.64. The molecule has 2 amide bonds. The Morgan fingerprint density at radius 2 is 1.88 bits per heavy atom. The Kier molecular flexibility index (Phi) is 5.20. The molecule has 3 aromatic rings. The van der Waals surface area contributed by atoms with Crippen molar-refractivity contribution in [3.8, 4) is 0 Å². The number of carbonyl (C=O) groups excluding carboxylic acids is 2. The molecule has 0 fully saturated rings. The first kappa shape index (κ1) is 16.9. The second-order valence-electron chi connectivity index (χ2n) is 5.53. The van der Waals surface area contributed by atoms with Crippen molar-refractivity contribution in [2.45, 2.75) is 6.92 Å². The highest BCUT2D eigenvalue weighted by molar-refractivity contribution is 7.17. The number of nitrogens with one attached hydrogen (secondary N) is 2. The molecule has 3 rings (SSSR count). The lowest BCUT2D eigenvalue weighted by Crippen LogP contribution is -2.34. The average Bonchev–Trinajstić information content (AvgIpc) is 3.04. The lowest BCUT2D eigenvalue weighted by atomic mass is 10.1. The third-order valence-corrected chi connectivity index (χ3v) is 4.61. The molecular weight excluding hydrogens is 334 g/mol. The number of amides is 2. The van der Waals surface area contributed by atoms with Crippen molar-refractivity contribution in [1.29, 1.82) is 0 Å². The predicted molar refractivity (Wildman–Crippen MR) is 101 cm³/mol. The van der Waals surface area contributed by atoms with Gasteiger partial charge >= 0.3 is 0 Å². The number of hydrazone groups is 1. The van der Waals surface area contributed by atoms with Crippen molar-refractivity contribution in [3.63, 3.8) is 0 Å². The number of hydrogen-bond acceptors (Lipinski definition) is 4. The van der Waals surface area contributed by atoms with E-state index in [1.54, 1.807) is 29.7 Å². The van der Waals surface area contributed by atoms with Crippen LogP contribution in [0.1, 0.15) is 21.5 Å². The first-order valence-electron chi connectivity index (χ1n) is 7.76. The summed E-state index contributed by atoms with van der Waals surface area (Å²) in [5.74, 6) is -0.667. The van der Waals surface area contributed by atoms with Crippen molar-refractivity contribution in [2.24, 2.45) is 5.10 Å². The van der Waals surface area contributed by atoms with Crippen molar-refractivity contribution in [2.75, 3.05) is 6.54 Å². The number of thiophene rings is 1. The highest BCUT2D eigenvalue weighted by atomic mass is 32.1. The van der Waals surface area contributed by atoms with Gasteiger partial charge in [-0.05, 0) is 25.1 Å². The standard InChI is InChI=1S/C19H17N3O2S/c1-13-6-8-14(9-7-13)19(24)20-11-18(23)22-21-10-15-12-25-17-5-3-2-4-16(15)17/h2-10,12H,11H2,1H3,(H,20,24)(H,22,23)/b21-10+. The molecule has 0 unspecified atom stereocenters. The second kappa shape index (κ2) is 7.72. The molecule has 2 N–H and O–H groups in total. The minimum atomic E-state index is -0.378. The summed E-state index contributed by atoms with van der Waals surface area (Å²) in [7, 11) is 0. The van der Waals surface area contributed by atoms with Crippen LogP contribution in [-0.4, -0.2) is 24.6 Å². The molecule has 126 valence electrons. The fourth-order valence-corrected chi connectivity index (χ4v) is 3.19. The van der Waals surface area contributed by atoms with Crippen molar-refractivity contribution >= 4 is 39.5 Å². The second-order valence-corrected chi connectivity index (χ2v) is 6.44. The number of nitrogens with zero attached hydrogens (tertiary/aromatic N) is 1. The Morgan fingerprint density at radius 3 is 2.68 bits per heavy atom. The third-order valence-electron chi connectivity index (χ3n) is 3.63. The summed E-state index contributed by atoms with van der Waals surface area (Å²) in [4.78, 5) is 23.7. The number of aryl methyl sites for hydroxylation is 1. The number of fused-ring (bicyclic) bond motifs is 1. The van der Waals surface area contributed by atoms with Gasteiger partial charge in [-0.2, -0.15) is 5.10 Å². The normalized spacial score (nSPS) is 10.9. The molecule has 2 aromatic carbocycles. The van der Waals surface area contributed by atoms with Crippen LogP contribution in [0.2, 0.25) is 0 Å². The van der Waals surface area contributed by atoms with E-state index >= 15 is 0 Å². The summed E-state index contributed by atoms with van der Waals surface area (Å²) in [5.41, 5.74) is 4.96. The molecule has 0 saturated heterocycles. The summed E-state index contributed by atoms with van der Waals surface area (Å²) in [6.07, 6.45) is 1.61. The van der Waals surface area contributed by atoms with Crippen LogP contribution in [0.5, 0.6) is 0 Å². The van der Waals surface area contributed by atoms with Gasteiger partial charge in [0.1, 0.15) is 0 Å². The lowest BCUT2D eigenvalue weighted by molar-refractivity contribution is -0.120. The van der Waals surface area contributed by atoms with Crippen molar-refractivity contribution in [1.82, 2.24) is 10.7 Å². The van der Waals surface area contributed by atoms with Crippen LogP contribution < -0.4 is 10.7 Å². The lowest BCUT2D eigenvalue weighted by Gasteiger charge is -2.04. The highest BCUT2D eigenvalue weighted by Gasteiger charge is 2.07. The van der Waals surface area contributed by atoms with E-state index in [-0.39, 0.29) is 18.4 Å². The van der Waals surface area contributed by atoms with E-state index in [1.165, 1.54) is 4.70 Å². The van der Waals surface area contributed by atoms with E-state index in [1.807, 2.05) is 48.7 Å². The van der Waals surface area contributed by atoms with Gasteiger partial charge < -0.3 is 5.32 Å². The summed E-state index contributed by atoms with van der Waals surface area (Å²) in [6, 6.07) is 15.1. The fourth-order valence-electron chi connectivity index (χ4n) is 2.28. The summed E-state index contributed by atoms with van der Waals surface area (Å²) in [5, 5.41) is 9.61. The third kappa shape index (κ3) is 4.30. The van der Waals surface area contributed by atoms with Crippen LogP contribution in [0, 0.1) is 6.92 Å². The molecule has 6 heteroatoms. The molecule has 5 nitrogen and oxygen atoms in total. The molecule has 0 bridgehead atoms. The zero-order chi connectivity index (χ0) is 17.6. The number of hydrogen-bond donors (Lipinski definition) is 2. The maximum Gasteiger partial charge on any atom is 0.259 e. The van der Waals surface area contributed by atoms with Crippen LogP contribution in [0.4, 0.5) is 0 Å². The zero-order valence-corrected chi connectivity index (χ0v) is 14.5. The van der Waals surface area contributed by atoms with E-state index in [0.29, 0.717) is 5.56 Å². The van der Waals surface area contributed by atoms with Gasteiger partial charge in [0, 0.05) is 26.6 Å². The highest BCUT2D eigenvalue weighted by Crippen LogP contribution is 2.23. The number of rotatable bonds is 5. The summed E-state index contributed by atoms with van der Waals surface area (Å²) in [6.45, 7) is 1.82. The van der Waals surface area contributed by atoms with Crippen molar-refractivity contribution < 1.29 is 9.59 Å². The Labute approximate surface area is 149 Å². The smallest absolute Gasteiger partial charge is 0.259 e. The van der Waals surface area contributed by atoms with E-state index < -0.39 is 0 Å². The van der Waals surface area contributed by atoms with Gasteiger partial charge in [0.05, 0.1) is 12.8 Å². The molecule has 0 atom stereocenters. The van der Waals surface area contributed by atoms with Gasteiger partial charge in [-0.25, -0.2) is 5.43 Å². The van der Waals surface area contributed by atoms with Crippen LogP contribution in [0.25, 0.3) is 10.1 Å².